The fourth-order valence-electron chi connectivity index (χ4n) is 2.43. The second kappa shape index (κ2) is 6.05. The summed E-state index contributed by atoms with van der Waals surface area (Å²) in [7, 11) is 0. The minimum absolute atomic E-state index is 0.0633. The molecular formula is C18H15NO4S. The zero-order chi connectivity index (χ0) is 17.4. The van der Waals surface area contributed by atoms with Gasteiger partial charge < -0.3 is 9.73 Å². The Kier molecular flexibility index (Phi) is 4.07. The SMILES string of the molecule is CC(=O)c1ccc(C(=O)Nc2cc3c(C)cc(=O)oc3cc2C)s1. The van der Waals surface area contributed by atoms with Crippen LogP contribution in [0.5, 0.6) is 0 Å². The third kappa shape index (κ3) is 3.00. The average molecular weight is 341 g/mol. The molecule has 1 amide bonds. The van der Waals surface area contributed by atoms with Gasteiger partial charge in [-0.1, -0.05) is 0 Å². The number of hydrogen-bond acceptors (Lipinski definition) is 5. The summed E-state index contributed by atoms with van der Waals surface area (Å²) >= 11 is 1.16. The Bertz CT molecular complexity index is 1030. The lowest BCUT2D eigenvalue weighted by Crippen LogP contribution is -2.11. The summed E-state index contributed by atoms with van der Waals surface area (Å²) in [6.07, 6.45) is 0. The fourth-order valence-corrected chi connectivity index (χ4v) is 3.23. The topological polar surface area (TPSA) is 76.4 Å². The number of ketones is 1. The van der Waals surface area contributed by atoms with Crippen LogP contribution in [0.4, 0.5) is 5.69 Å². The van der Waals surface area contributed by atoms with Crippen LogP contribution in [-0.2, 0) is 0 Å². The molecule has 24 heavy (non-hydrogen) atoms. The number of hydrogen-bond donors (Lipinski definition) is 1. The Labute approximate surface area is 141 Å². The number of Topliss-reactive ketones (excluding diaryl/α,β-unsaturated/α-hetero) is 1. The summed E-state index contributed by atoms with van der Waals surface area (Å²) < 4.78 is 5.19. The maximum Gasteiger partial charge on any atom is 0.336 e. The summed E-state index contributed by atoms with van der Waals surface area (Å²) in [5.41, 5.74) is 2.30. The maximum atomic E-state index is 12.4. The van der Waals surface area contributed by atoms with Gasteiger partial charge in [0.25, 0.3) is 5.91 Å². The Morgan fingerprint density at radius 1 is 1.04 bits per heavy atom. The molecule has 1 aromatic carbocycles. The number of thiophene rings is 1. The lowest BCUT2D eigenvalue weighted by molar-refractivity contribution is 0.101. The van der Waals surface area contributed by atoms with Gasteiger partial charge in [0.05, 0.1) is 9.75 Å². The molecule has 5 nitrogen and oxygen atoms in total. The van der Waals surface area contributed by atoms with Gasteiger partial charge in [0.2, 0.25) is 0 Å². The van der Waals surface area contributed by atoms with Gasteiger partial charge >= 0.3 is 5.63 Å². The van der Waals surface area contributed by atoms with Gasteiger partial charge in [-0.3, -0.25) is 9.59 Å². The molecule has 0 saturated carbocycles. The normalized spacial score (nSPS) is 10.8. The van der Waals surface area contributed by atoms with E-state index in [-0.39, 0.29) is 11.7 Å². The second-order valence-corrected chi connectivity index (χ2v) is 6.67. The Hall–Kier alpha value is -2.73. The van der Waals surface area contributed by atoms with Gasteiger partial charge in [-0.15, -0.1) is 11.3 Å². The van der Waals surface area contributed by atoms with E-state index < -0.39 is 5.63 Å². The number of nitrogens with one attached hydrogen (secondary N) is 1. The highest BCUT2D eigenvalue weighted by atomic mass is 32.1. The number of carbonyl (C=O) groups is 2. The zero-order valence-electron chi connectivity index (χ0n) is 13.4. The minimum Gasteiger partial charge on any atom is -0.423 e. The first kappa shape index (κ1) is 16.1. The van der Waals surface area contributed by atoms with Crippen molar-refractivity contribution >= 4 is 39.7 Å². The monoisotopic (exact) mass is 341 g/mol. The first-order chi connectivity index (χ1) is 11.3. The van der Waals surface area contributed by atoms with Crippen LogP contribution in [0.1, 0.15) is 37.4 Å². The van der Waals surface area contributed by atoms with Gasteiger partial charge in [0.1, 0.15) is 5.58 Å². The standard InChI is InChI=1S/C18H15NO4S/c1-9-7-17(21)23-14-6-10(2)13(8-12(9)14)19-18(22)16-5-4-15(24-16)11(3)20/h4-8H,1-3H3,(H,19,22). The number of benzene rings is 1. The van der Waals surface area contributed by atoms with Crippen LogP contribution in [0.2, 0.25) is 0 Å². The summed E-state index contributed by atoms with van der Waals surface area (Å²) in [5, 5.41) is 3.62. The van der Waals surface area contributed by atoms with Crippen molar-refractivity contribution in [3.05, 3.63) is 61.6 Å². The summed E-state index contributed by atoms with van der Waals surface area (Å²) in [5.74, 6) is -0.337. The van der Waals surface area contributed by atoms with Crippen LogP contribution in [-0.4, -0.2) is 11.7 Å². The van der Waals surface area contributed by atoms with Crippen LogP contribution in [0.3, 0.4) is 0 Å². The van der Waals surface area contributed by atoms with E-state index in [2.05, 4.69) is 5.32 Å². The molecule has 3 aromatic rings. The van der Waals surface area contributed by atoms with E-state index in [4.69, 9.17) is 4.42 Å². The van der Waals surface area contributed by atoms with Crippen molar-refractivity contribution in [1.82, 2.24) is 0 Å². The van der Waals surface area contributed by atoms with Crippen molar-refractivity contribution in [2.75, 3.05) is 5.32 Å². The van der Waals surface area contributed by atoms with Crippen LogP contribution in [0.25, 0.3) is 11.0 Å². The number of carbonyl (C=O) groups excluding carboxylic acids is 2. The van der Waals surface area contributed by atoms with Crippen molar-refractivity contribution in [3.8, 4) is 0 Å². The van der Waals surface area contributed by atoms with Crippen molar-refractivity contribution < 1.29 is 14.0 Å². The molecular weight excluding hydrogens is 326 g/mol. The fraction of sp³-hybridized carbons (Fsp3) is 0.167. The smallest absolute Gasteiger partial charge is 0.336 e. The van der Waals surface area contributed by atoms with E-state index in [1.165, 1.54) is 13.0 Å². The van der Waals surface area contributed by atoms with Crippen LogP contribution >= 0.6 is 11.3 Å². The quantitative estimate of drug-likeness (QED) is 0.578. The van der Waals surface area contributed by atoms with Gasteiger partial charge in [-0.05, 0) is 56.2 Å². The predicted octanol–water partition coefficient (Wildman–Crippen LogP) is 3.93. The Morgan fingerprint density at radius 3 is 2.42 bits per heavy atom. The predicted molar refractivity (Wildman–Crippen MR) is 94.2 cm³/mol. The first-order valence-corrected chi connectivity index (χ1v) is 8.14. The van der Waals surface area contributed by atoms with Crippen molar-refractivity contribution in [3.63, 3.8) is 0 Å². The molecule has 0 unspecified atom stereocenters. The average Bonchev–Trinajstić information content (AvgIpc) is 2.98. The molecule has 2 heterocycles. The van der Waals surface area contributed by atoms with Gasteiger partial charge in [0.15, 0.2) is 5.78 Å². The van der Waals surface area contributed by atoms with Crippen LogP contribution < -0.4 is 10.9 Å². The molecule has 122 valence electrons. The summed E-state index contributed by atoms with van der Waals surface area (Å²) in [6.45, 7) is 5.11. The van der Waals surface area contributed by atoms with E-state index in [1.807, 2.05) is 13.8 Å². The highest BCUT2D eigenvalue weighted by Gasteiger charge is 2.14. The van der Waals surface area contributed by atoms with Crippen molar-refractivity contribution in [2.45, 2.75) is 20.8 Å². The number of aryl methyl sites for hydroxylation is 2. The van der Waals surface area contributed by atoms with E-state index in [1.54, 1.807) is 24.3 Å². The highest BCUT2D eigenvalue weighted by Crippen LogP contribution is 2.26. The zero-order valence-corrected chi connectivity index (χ0v) is 14.2. The molecule has 3 rings (SSSR count). The molecule has 0 atom stereocenters. The molecule has 0 radical (unpaired) electrons. The van der Waals surface area contributed by atoms with Gasteiger partial charge in [-0.25, -0.2) is 4.79 Å². The Morgan fingerprint density at radius 2 is 1.75 bits per heavy atom. The van der Waals surface area contributed by atoms with E-state index in [9.17, 15) is 14.4 Å². The second-order valence-electron chi connectivity index (χ2n) is 5.59. The number of anilines is 1. The molecule has 6 heteroatoms. The minimum atomic E-state index is -0.397. The highest BCUT2D eigenvalue weighted by molar-refractivity contribution is 7.16. The van der Waals surface area contributed by atoms with E-state index in [0.29, 0.717) is 21.0 Å². The van der Waals surface area contributed by atoms with Crippen LogP contribution in [0, 0.1) is 13.8 Å². The molecule has 0 bridgehead atoms. The molecule has 2 aromatic heterocycles. The third-order valence-corrected chi connectivity index (χ3v) is 4.91. The molecule has 0 spiro atoms. The molecule has 0 fully saturated rings. The lowest BCUT2D eigenvalue weighted by Gasteiger charge is -2.10. The van der Waals surface area contributed by atoms with Gasteiger partial charge in [-0.2, -0.15) is 0 Å². The summed E-state index contributed by atoms with van der Waals surface area (Å²) in [6, 6.07) is 8.22. The maximum absolute atomic E-state index is 12.4. The largest absolute Gasteiger partial charge is 0.423 e. The van der Waals surface area contributed by atoms with E-state index in [0.717, 1.165) is 27.8 Å². The molecule has 1 N–H and O–H groups in total. The number of amides is 1. The molecule has 0 aliphatic rings. The number of rotatable bonds is 3. The lowest BCUT2D eigenvalue weighted by atomic mass is 10.1. The molecule has 0 aliphatic carbocycles. The number of fused-ring (bicyclic) bond motifs is 1. The van der Waals surface area contributed by atoms with Crippen molar-refractivity contribution in [1.29, 1.82) is 0 Å². The van der Waals surface area contributed by atoms with Crippen molar-refractivity contribution in [2.24, 2.45) is 0 Å². The van der Waals surface area contributed by atoms with E-state index >= 15 is 0 Å². The molecule has 0 saturated heterocycles. The molecule has 0 aliphatic heterocycles. The summed E-state index contributed by atoms with van der Waals surface area (Å²) in [4.78, 5) is 36.2. The Balaban J connectivity index is 1.97. The first-order valence-electron chi connectivity index (χ1n) is 7.32. The van der Waals surface area contributed by atoms with Gasteiger partial charge in [0, 0.05) is 17.1 Å². The third-order valence-electron chi connectivity index (χ3n) is 3.72. The van der Waals surface area contributed by atoms with Crippen LogP contribution in [0.15, 0.2) is 39.5 Å².